The molecule has 0 aromatic heterocycles. The third-order valence-electron chi connectivity index (χ3n) is 4.60. The highest BCUT2D eigenvalue weighted by Crippen LogP contribution is 2.23. The molecule has 7 heteroatoms. The standard InChI is InChI=1S/C19H20BrN3O3/c20-16-6-4-14(5-7-16)13-22-10-8-15(9-11-22)19(24)21-17-2-1-3-18(12-17)23(25)26/h1-7,12,15H,8-11,13H2,(H,21,24). The number of rotatable bonds is 5. The third kappa shape index (κ3) is 4.89. The Morgan fingerprint density at radius 2 is 1.88 bits per heavy atom. The molecule has 6 nitrogen and oxygen atoms in total. The molecule has 1 fully saturated rings. The van der Waals surface area contributed by atoms with Crippen LogP contribution < -0.4 is 5.32 Å². The Hall–Kier alpha value is -2.25. The fourth-order valence-electron chi connectivity index (χ4n) is 3.14. The van der Waals surface area contributed by atoms with E-state index >= 15 is 0 Å². The zero-order chi connectivity index (χ0) is 18.5. The summed E-state index contributed by atoms with van der Waals surface area (Å²) >= 11 is 3.44. The van der Waals surface area contributed by atoms with Gasteiger partial charge in [-0.15, -0.1) is 0 Å². The Bertz CT molecular complexity index is 787. The molecule has 26 heavy (non-hydrogen) atoms. The number of hydrogen-bond acceptors (Lipinski definition) is 4. The molecule has 0 unspecified atom stereocenters. The van der Waals surface area contributed by atoms with E-state index in [4.69, 9.17) is 0 Å². The van der Waals surface area contributed by atoms with Gasteiger partial charge in [-0.3, -0.25) is 19.8 Å². The largest absolute Gasteiger partial charge is 0.326 e. The molecule has 1 N–H and O–H groups in total. The topological polar surface area (TPSA) is 75.5 Å². The molecule has 136 valence electrons. The summed E-state index contributed by atoms with van der Waals surface area (Å²) in [5.74, 6) is -0.121. The van der Waals surface area contributed by atoms with Crippen molar-refractivity contribution in [2.75, 3.05) is 18.4 Å². The number of carbonyl (C=O) groups is 1. The highest BCUT2D eigenvalue weighted by molar-refractivity contribution is 9.10. The number of nitrogens with zero attached hydrogens (tertiary/aromatic N) is 2. The molecule has 1 saturated heterocycles. The summed E-state index contributed by atoms with van der Waals surface area (Å²) < 4.78 is 1.07. The molecule has 0 bridgehead atoms. The van der Waals surface area contributed by atoms with Crippen LogP contribution in [0.4, 0.5) is 11.4 Å². The van der Waals surface area contributed by atoms with Gasteiger partial charge in [-0.05, 0) is 49.7 Å². The molecule has 1 aliphatic heterocycles. The fourth-order valence-corrected chi connectivity index (χ4v) is 3.41. The van der Waals surface area contributed by atoms with E-state index in [1.54, 1.807) is 12.1 Å². The molecule has 3 rings (SSSR count). The Labute approximate surface area is 160 Å². The summed E-state index contributed by atoms with van der Waals surface area (Å²) in [5.41, 5.74) is 1.71. The van der Waals surface area contributed by atoms with Gasteiger partial charge >= 0.3 is 0 Å². The van der Waals surface area contributed by atoms with Crippen molar-refractivity contribution in [2.45, 2.75) is 19.4 Å². The maximum absolute atomic E-state index is 12.4. The number of non-ortho nitro benzene ring substituents is 1. The van der Waals surface area contributed by atoms with Crippen LogP contribution in [0.2, 0.25) is 0 Å². The lowest BCUT2D eigenvalue weighted by Crippen LogP contribution is -2.37. The number of halogens is 1. The lowest BCUT2D eigenvalue weighted by atomic mass is 9.95. The Morgan fingerprint density at radius 1 is 1.19 bits per heavy atom. The number of nitrogens with one attached hydrogen (secondary N) is 1. The number of benzene rings is 2. The highest BCUT2D eigenvalue weighted by Gasteiger charge is 2.25. The first-order chi connectivity index (χ1) is 12.5. The monoisotopic (exact) mass is 417 g/mol. The number of carbonyl (C=O) groups excluding carboxylic acids is 1. The first-order valence-electron chi connectivity index (χ1n) is 8.53. The Balaban J connectivity index is 1.51. The number of hydrogen-bond donors (Lipinski definition) is 1. The molecule has 0 radical (unpaired) electrons. The van der Waals surface area contributed by atoms with E-state index in [-0.39, 0.29) is 17.5 Å². The summed E-state index contributed by atoms with van der Waals surface area (Å²) in [6, 6.07) is 14.3. The van der Waals surface area contributed by atoms with E-state index in [1.807, 2.05) is 12.1 Å². The van der Waals surface area contributed by atoms with Crippen molar-refractivity contribution in [1.29, 1.82) is 0 Å². The summed E-state index contributed by atoms with van der Waals surface area (Å²) in [7, 11) is 0. The number of likely N-dealkylation sites (tertiary alicyclic amines) is 1. The van der Waals surface area contributed by atoms with E-state index in [2.05, 4.69) is 38.3 Å². The third-order valence-corrected chi connectivity index (χ3v) is 5.13. The minimum absolute atomic E-state index is 0.0212. The second-order valence-corrected chi connectivity index (χ2v) is 7.39. The number of nitro benzene ring substituents is 1. The minimum Gasteiger partial charge on any atom is -0.326 e. The predicted octanol–water partition coefficient (Wildman–Crippen LogP) is 4.21. The molecule has 1 aliphatic rings. The van der Waals surface area contributed by atoms with Crippen LogP contribution in [0.15, 0.2) is 53.0 Å². The number of anilines is 1. The molecule has 0 saturated carbocycles. The van der Waals surface area contributed by atoms with Crippen LogP contribution in [0.5, 0.6) is 0 Å². The summed E-state index contributed by atoms with van der Waals surface area (Å²) in [5, 5.41) is 13.6. The van der Waals surface area contributed by atoms with Gasteiger partial charge in [-0.2, -0.15) is 0 Å². The zero-order valence-electron chi connectivity index (χ0n) is 14.2. The molecular formula is C19H20BrN3O3. The molecule has 2 aromatic carbocycles. The van der Waals surface area contributed by atoms with Gasteiger partial charge in [-0.25, -0.2) is 0 Å². The molecule has 1 heterocycles. The van der Waals surface area contributed by atoms with Crippen LogP contribution in [0.3, 0.4) is 0 Å². The Morgan fingerprint density at radius 3 is 2.54 bits per heavy atom. The van der Waals surface area contributed by atoms with Crippen molar-refractivity contribution in [3.63, 3.8) is 0 Å². The maximum atomic E-state index is 12.4. The van der Waals surface area contributed by atoms with Crippen molar-refractivity contribution in [3.05, 3.63) is 68.7 Å². The number of amides is 1. The van der Waals surface area contributed by atoms with Crippen LogP contribution in [0.25, 0.3) is 0 Å². The van der Waals surface area contributed by atoms with E-state index in [0.29, 0.717) is 5.69 Å². The molecule has 1 amide bonds. The lowest BCUT2D eigenvalue weighted by Gasteiger charge is -2.31. The van der Waals surface area contributed by atoms with Crippen molar-refractivity contribution in [2.24, 2.45) is 5.92 Å². The van der Waals surface area contributed by atoms with Gasteiger partial charge in [0.2, 0.25) is 5.91 Å². The van der Waals surface area contributed by atoms with Crippen LogP contribution in [0.1, 0.15) is 18.4 Å². The highest BCUT2D eigenvalue weighted by atomic mass is 79.9. The van der Waals surface area contributed by atoms with Crippen LogP contribution >= 0.6 is 15.9 Å². The van der Waals surface area contributed by atoms with Gasteiger partial charge in [0.25, 0.3) is 5.69 Å². The SMILES string of the molecule is O=C(Nc1cccc([N+](=O)[O-])c1)C1CCN(Cc2ccc(Br)cc2)CC1. The van der Waals surface area contributed by atoms with Crippen LogP contribution in [-0.2, 0) is 11.3 Å². The lowest BCUT2D eigenvalue weighted by molar-refractivity contribution is -0.384. The Kier molecular flexibility index (Phi) is 6.00. The van der Waals surface area contributed by atoms with Crippen molar-refractivity contribution >= 4 is 33.2 Å². The first kappa shape index (κ1) is 18.5. The maximum Gasteiger partial charge on any atom is 0.271 e. The normalized spacial score (nSPS) is 15.6. The zero-order valence-corrected chi connectivity index (χ0v) is 15.8. The first-order valence-corrected chi connectivity index (χ1v) is 9.33. The average Bonchev–Trinajstić information content (AvgIpc) is 2.64. The molecular weight excluding hydrogens is 398 g/mol. The molecule has 0 aliphatic carbocycles. The van der Waals surface area contributed by atoms with E-state index < -0.39 is 4.92 Å². The predicted molar refractivity (Wildman–Crippen MR) is 104 cm³/mol. The number of piperidine rings is 1. The molecule has 0 atom stereocenters. The average molecular weight is 418 g/mol. The van der Waals surface area contributed by atoms with E-state index in [9.17, 15) is 14.9 Å². The van der Waals surface area contributed by atoms with Gasteiger partial charge in [0.15, 0.2) is 0 Å². The van der Waals surface area contributed by atoms with Gasteiger partial charge in [0.1, 0.15) is 0 Å². The fraction of sp³-hybridized carbons (Fsp3) is 0.316. The molecule has 2 aromatic rings. The minimum atomic E-state index is -0.462. The number of nitro groups is 1. The summed E-state index contributed by atoms with van der Waals surface area (Å²) in [6.07, 6.45) is 1.58. The van der Waals surface area contributed by atoms with Gasteiger partial charge in [-0.1, -0.05) is 34.1 Å². The van der Waals surface area contributed by atoms with Crippen LogP contribution in [-0.4, -0.2) is 28.8 Å². The second kappa shape index (κ2) is 8.42. The summed E-state index contributed by atoms with van der Waals surface area (Å²) in [4.78, 5) is 25.2. The van der Waals surface area contributed by atoms with E-state index in [1.165, 1.54) is 17.7 Å². The van der Waals surface area contributed by atoms with Gasteiger partial charge < -0.3 is 5.32 Å². The van der Waals surface area contributed by atoms with Crippen molar-refractivity contribution in [1.82, 2.24) is 4.90 Å². The van der Waals surface area contributed by atoms with Crippen molar-refractivity contribution < 1.29 is 9.72 Å². The van der Waals surface area contributed by atoms with Gasteiger partial charge in [0.05, 0.1) is 4.92 Å². The molecule has 0 spiro atoms. The van der Waals surface area contributed by atoms with E-state index in [0.717, 1.165) is 36.9 Å². The van der Waals surface area contributed by atoms with Crippen molar-refractivity contribution in [3.8, 4) is 0 Å². The second-order valence-electron chi connectivity index (χ2n) is 6.47. The summed E-state index contributed by atoms with van der Waals surface area (Å²) in [6.45, 7) is 2.61. The van der Waals surface area contributed by atoms with Gasteiger partial charge in [0, 0.05) is 34.8 Å². The van der Waals surface area contributed by atoms with Crippen LogP contribution in [0, 0.1) is 16.0 Å². The quantitative estimate of drug-likeness (QED) is 0.583. The smallest absolute Gasteiger partial charge is 0.271 e.